The molecule has 1 saturated carbocycles. The summed E-state index contributed by atoms with van der Waals surface area (Å²) in [5.74, 6) is 0.658. The molecule has 11 atom stereocenters. The summed E-state index contributed by atoms with van der Waals surface area (Å²) in [4.78, 5) is 23.5. The molecule has 4 rings (SSSR count). The number of ketones is 1. The number of hydrogen-bond acceptors (Lipinski definition) is 8. The maximum atomic E-state index is 12.5. The van der Waals surface area contributed by atoms with Gasteiger partial charge in [0.1, 0.15) is 23.9 Å². The average Bonchev–Trinajstić information content (AvgIpc) is 3.74. The molecule has 2 N–H and O–H groups in total. The van der Waals surface area contributed by atoms with Crippen LogP contribution in [0.3, 0.4) is 0 Å². The molecule has 3 saturated heterocycles. The second-order valence-corrected chi connectivity index (χ2v) is 12.9. The Balaban J connectivity index is 1.27. The molecule has 0 aromatic rings. The van der Waals surface area contributed by atoms with Gasteiger partial charge in [-0.1, -0.05) is 26.0 Å². The molecule has 8 heteroatoms. The van der Waals surface area contributed by atoms with E-state index >= 15 is 0 Å². The summed E-state index contributed by atoms with van der Waals surface area (Å²) in [7, 11) is 0. The number of esters is 1. The van der Waals surface area contributed by atoms with Crippen LogP contribution in [0.15, 0.2) is 24.3 Å². The molecule has 0 radical (unpaired) electrons. The molecule has 4 fully saturated rings. The average molecular weight is 535 g/mol. The molecular weight excluding hydrogens is 488 g/mol. The lowest BCUT2D eigenvalue weighted by Crippen LogP contribution is -2.56. The third-order valence-corrected chi connectivity index (χ3v) is 9.17. The number of allylic oxidation sites excluding steroid dienone is 2. The number of hydrogen-bond donors (Lipinski definition) is 2. The highest BCUT2D eigenvalue weighted by molar-refractivity contribution is 5.89. The van der Waals surface area contributed by atoms with Crippen LogP contribution in [0, 0.1) is 23.2 Å². The zero-order valence-corrected chi connectivity index (χ0v) is 23.7. The standard InChI is InChI=1S/C30H46O8/c1-18-11-22(12-24(33)8-7-19(2)36-21(4)32)20(3)37-26(18)13-23-14-28(23,5)10-9-25-27(34)30(17-35-30)15-29(6,16-31)38-25/h7-10,18-20,22-23,25-27,31,34H,11-17H2,1-6H3/b8-7-,10-9+/t18-,19-,20+,22-,23?,25?,26-,27+,28?,29-,30+/m0/s1. The Hall–Kier alpha value is -1.58. The third kappa shape index (κ3) is 6.76. The van der Waals surface area contributed by atoms with Gasteiger partial charge in [0.2, 0.25) is 0 Å². The van der Waals surface area contributed by atoms with E-state index in [1.165, 1.54) is 13.0 Å². The van der Waals surface area contributed by atoms with Crippen LogP contribution in [-0.2, 0) is 28.5 Å². The van der Waals surface area contributed by atoms with Crippen molar-refractivity contribution in [2.24, 2.45) is 23.2 Å². The van der Waals surface area contributed by atoms with E-state index < -0.39 is 29.5 Å². The normalized spacial score (nSPS) is 45.4. The van der Waals surface area contributed by atoms with Crippen LogP contribution < -0.4 is 0 Å². The topological polar surface area (TPSA) is 115 Å². The van der Waals surface area contributed by atoms with E-state index in [4.69, 9.17) is 18.9 Å². The SMILES string of the molecule is CC(=O)O[C@@H](C)/C=C\C(=O)C[C@@H]1C[C@H](C)[C@H](CC2CC2(C)/C=C/C2O[C@](C)(CO)C[C@@]3(CO3)[C@@H]2O)O[C@@H]1C. The van der Waals surface area contributed by atoms with Crippen molar-refractivity contribution in [3.8, 4) is 0 Å². The predicted molar refractivity (Wildman–Crippen MR) is 141 cm³/mol. The Morgan fingerprint density at radius 1 is 1.24 bits per heavy atom. The first kappa shape index (κ1) is 29.4. The zero-order valence-electron chi connectivity index (χ0n) is 23.7. The van der Waals surface area contributed by atoms with E-state index in [-0.39, 0.29) is 41.9 Å². The van der Waals surface area contributed by atoms with Gasteiger partial charge in [-0.3, -0.25) is 9.59 Å². The fraction of sp³-hybridized carbons (Fsp3) is 0.800. The molecule has 38 heavy (non-hydrogen) atoms. The van der Waals surface area contributed by atoms with Gasteiger partial charge < -0.3 is 29.2 Å². The number of aliphatic hydroxyl groups excluding tert-OH is 2. The highest BCUT2D eigenvalue weighted by Crippen LogP contribution is 2.57. The number of ether oxygens (including phenoxy) is 4. The number of aliphatic hydroxyl groups is 2. The highest BCUT2D eigenvalue weighted by Gasteiger charge is 2.61. The highest BCUT2D eigenvalue weighted by atomic mass is 16.6. The minimum absolute atomic E-state index is 0.00309. The van der Waals surface area contributed by atoms with Crippen LogP contribution >= 0.6 is 0 Å². The molecule has 3 unspecified atom stereocenters. The number of carbonyl (C=O) groups excluding carboxylic acids is 2. The van der Waals surface area contributed by atoms with Crippen molar-refractivity contribution < 1.29 is 38.7 Å². The lowest BCUT2D eigenvalue weighted by Gasteiger charge is -2.42. The summed E-state index contributed by atoms with van der Waals surface area (Å²) in [5, 5.41) is 20.7. The number of epoxide rings is 1. The van der Waals surface area contributed by atoms with E-state index in [2.05, 4.69) is 26.8 Å². The summed E-state index contributed by atoms with van der Waals surface area (Å²) in [6.07, 6.45) is 9.64. The van der Waals surface area contributed by atoms with E-state index in [1.54, 1.807) is 13.0 Å². The van der Waals surface area contributed by atoms with Crippen LogP contribution in [0.25, 0.3) is 0 Å². The third-order valence-electron chi connectivity index (χ3n) is 9.17. The van der Waals surface area contributed by atoms with Gasteiger partial charge in [-0.15, -0.1) is 0 Å². The lowest BCUT2D eigenvalue weighted by atomic mass is 9.80. The molecule has 0 aromatic carbocycles. The number of rotatable bonds is 10. The van der Waals surface area contributed by atoms with E-state index in [0.29, 0.717) is 31.3 Å². The van der Waals surface area contributed by atoms with E-state index in [9.17, 15) is 19.8 Å². The van der Waals surface area contributed by atoms with Gasteiger partial charge in [-0.2, -0.15) is 0 Å². The molecule has 8 nitrogen and oxygen atoms in total. The number of carbonyl (C=O) groups is 2. The molecule has 3 aliphatic heterocycles. The van der Waals surface area contributed by atoms with E-state index in [0.717, 1.165) is 19.3 Å². The molecule has 3 heterocycles. The zero-order chi connectivity index (χ0) is 27.9. The quantitative estimate of drug-likeness (QED) is 0.189. The first-order valence-corrected chi connectivity index (χ1v) is 14.1. The lowest BCUT2D eigenvalue weighted by molar-refractivity contribution is -0.192. The van der Waals surface area contributed by atoms with Gasteiger partial charge in [0.15, 0.2) is 5.78 Å². The minimum atomic E-state index is -0.735. The fourth-order valence-electron chi connectivity index (χ4n) is 6.45. The summed E-state index contributed by atoms with van der Waals surface area (Å²) >= 11 is 0. The Morgan fingerprint density at radius 3 is 2.58 bits per heavy atom. The summed E-state index contributed by atoms with van der Waals surface area (Å²) in [6, 6.07) is 0. The van der Waals surface area contributed by atoms with Gasteiger partial charge in [0.25, 0.3) is 0 Å². The fourth-order valence-corrected chi connectivity index (χ4v) is 6.45. The van der Waals surface area contributed by atoms with Crippen molar-refractivity contribution in [3.05, 3.63) is 24.3 Å². The molecule has 1 spiro atoms. The van der Waals surface area contributed by atoms with Crippen LogP contribution in [0.5, 0.6) is 0 Å². The van der Waals surface area contributed by atoms with Crippen molar-refractivity contribution in [1.29, 1.82) is 0 Å². The first-order valence-electron chi connectivity index (χ1n) is 14.1. The monoisotopic (exact) mass is 534 g/mol. The van der Waals surface area contributed by atoms with Crippen molar-refractivity contribution in [2.75, 3.05) is 13.2 Å². The second-order valence-electron chi connectivity index (χ2n) is 12.9. The molecule has 0 bridgehead atoms. The van der Waals surface area contributed by atoms with Crippen molar-refractivity contribution >= 4 is 11.8 Å². The summed E-state index contributed by atoms with van der Waals surface area (Å²) in [6.45, 7) is 11.9. The second kappa shape index (κ2) is 11.1. The Labute approximate surface area is 226 Å². The Kier molecular flexibility index (Phi) is 8.61. The van der Waals surface area contributed by atoms with Gasteiger partial charge in [0, 0.05) is 19.8 Å². The van der Waals surface area contributed by atoms with Gasteiger partial charge >= 0.3 is 5.97 Å². The van der Waals surface area contributed by atoms with Crippen molar-refractivity contribution in [2.45, 2.75) is 115 Å². The van der Waals surface area contributed by atoms with Crippen molar-refractivity contribution in [3.63, 3.8) is 0 Å². The summed E-state index contributed by atoms with van der Waals surface area (Å²) < 4.78 is 23.2. The van der Waals surface area contributed by atoms with Crippen LogP contribution in [0.4, 0.5) is 0 Å². The molecule has 0 amide bonds. The van der Waals surface area contributed by atoms with Gasteiger partial charge in [0.05, 0.1) is 31.0 Å². The molecular formula is C30H46O8. The predicted octanol–water partition coefficient (Wildman–Crippen LogP) is 3.53. The molecule has 0 aromatic heterocycles. The van der Waals surface area contributed by atoms with Crippen LogP contribution in [0.2, 0.25) is 0 Å². The van der Waals surface area contributed by atoms with Crippen LogP contribution in [0.1, 0.15) is 73.6 Å². The maximum Gasteiger partial charge on any atom is 0.303 e. The molecule has 1 aliphatic carbocycles. The largest absolute Gasteiger partial charge is 0.459 e. The Morgan fingerprint density at radius 2 is 1.95 bits per heavy atom. The molecule has 4 aliphatic rings. The van der Waals surface area contributed by atoms with Gasteiger partial charge in [-0.05, 0) is 75.4 Å². The molecule has 214 valence electrons. The smallest absolute Gasteiger partial charge is 0.303 e. The minimum Gasteiger partial charge on any atom is -0.459 e. The Bertz CT molecular complexity index is 941. The first-order chi connectivity index (χ1) is 17.8. The van der Waals surface area contributed by atoms with Crippen LogP contribution in [-0.4, -0.2) is 76.9 Å². The van der Waals surface area contributed by atoms with Crippen molar-refractivity contribution in [1.82, 2.24) is 0 Å². The summed E-state index contributed by atoms with van der Waals surface area (Å²) in [5.41, 5.74) is -1.29. The van der Waals surface area contributed by atoms with Gasteiger partial charge in [-0.25, -0.2) is 0 Å². The maximum absolute atomic E-state index is 12.5. The van der Waals surface area contributed by atoms with E-state index in [1.807, 2.05) is 13.0 Å².